The van der Waals surface area contributed by atoms with E-state index in [2.05, 4.69) is 0 Å². The third-order valence-electron chi connectivity index (χ3n) is 1.95. The highest BCUT2D eigenvalue weighted by molar-refractivity contribution is 7.19. The molecule has 0 saturated heterocycles. The van der Waals surface area contributed by atoms with Crippen LogP contribution in [-0.2, 0) is 0 Å². The Labute approximate surface area is 85.6 Å². The second-order valence-corrected chi connectivity index (χ2v) is 4.06. The molecule has 0 radical (unpaired) electrons. The van der Waals surface area contributed by atoms with Gasteiger partial charge in [0.1, 0.15) is 5.75 Å². The van der Waals surface area contributed by atoms with Gasteiger partial charge in [-0.05, 0) is 24.3 Å². The molecule has 4 heteroatoms. The lowest BCUT2D eigenvalue weighted by Gasteiger charge is -2.04. The Morgan fingerprint density at radius 2 is 1.86 bits per heavy atom. The zero-order chi connectivity index (χ0) is 10.1. The van der Waals surface area contributed by atoms with Gasteiger partial charge in [0.15, 0.2) is 0 Å². The molecular formula is C10H10N2OS. The maximum atomic E-state index is 9.64. The van der Waals surface area contributed by atoms with E-state index < -0.39 is 0 Å². The van der Waals surface area contributed by atoms with E-state index in [4.69, 9.17) is 11.5 Å². The van der Waals surface area contributed by atoms with E-state index in [1.165, 1.54) is 11.3 Å². The van der Waals surface area contributed by atoms with Crippen molar-refractivity contribution in [1.82, 2.24) is 0 Å². The van der Waals surface area contributed by atoms with Gasteiger partial charge in [0.25, 0.3) is 0 Å². The molecule has 1 heterocycles. The van der Waals surface area contributed by atoms with Gasteiger partial charge < -0.3 is 16.6 Å². The van der Waals surface area contributed by atoms with Crippen molar-refractivity contribution in [3.8, 4) is 16.2 Å². The summed E-state index contributed by atoms with van der Waals surface area (Å²) < 4.78 is 0. The van der Waals surface area contributed by atoms with Crippen molar-refractivity contribution in [3.05, 3.63) is 30.3 Å². The summed E-state index contributed by atoms with van der Waals surface area (Å²) in [5.74, 6) is 0.187. The molecule has 0 aliphatic heterocycles. The van der Waals surface area contributed by atoms with Crippen LogP contribution in [0.25, 0.3) is 10.4 Å². The lowest BCUT2D eigenvalue weighted by atomic mass is 10.1. The van der Waals surface area contributed by atoms with Crippen molar-refractivity contribution in [2.24, 2.45) is 0 Å². The summed E-state index contributed by atoms with van der Waals surface area (Å²) in [7, 11) is 0. The van der Waals surface area contributed by atoms with E-state index in [0.29, 0.717) is 16.3 Å². The van der Waals surface area contributed by atoms with Gasteiger partial charge in [-0.15, -0.1) is 11.3 Å². The topological polar surface area (TPSA) is 72.3 Å². The molecular weight excluding hydrogens is 196 g/mol. The number of rotatable bonds is 1. The van der Waals surface area contributed by atoms with Crippen molar-refractivity contribution >= 4 is 22.0 Å². The van der Waals surface area contributed by atoms with E-state index in [0.717, 1.165) is 4.88 Å². The lowest BCUT2D eigenvalue weighted by Crippen LogP contribution is -1.88. The Morgan fingerprint density at radius 3 is 2.43 bits per heavy atom. The number of phenols is 1. The smallest absolute Gasteiger partial charge is 0.126 e. The average Bonchev–Trinajstić information content (AvgIpc) is 2.51. The third kappa shape index (κ3) is 1.40. The number of nitrogen functional groups attached to an aromatic ring is 2. The van der Waals surface area contributed by atoms with Crippen molar-refractivity contribution < 1.29 is 5.11 Å². The van der Waals surface area contributed by atoms with Crippen molar-refractivity contribution in [2.45, 2.75) is 0 Å². The molecule has 1 aromatic heterocycles. The zero-order valence-corrected chi connectivity index (χ0v) is 8.21. The first-order chi connectivity index (χ1) is 6.68. The Balaban J connectivity index is 2.61. The van der Waals surface area contributed by atoms with E-state index in [9.17, 15) is 5.11 Å². The minimum atomic E-state index is 0.187. The first-order valence-corrected chi connectivity index (χ1v) is 4.93. The SMILES string of the molecule is Nc1ccc(-c2c(N)cccc2O)s1. The highest BCUT2D eigenvalue weighted by Gasteiger charge is 2.09. The van der Waals surface area contributed by atoms with E-state index in [-0.39, 0.29) is 5.75 Å². The highest BCUT2D eigenvalue weighted by atomic mass is 32.1. The molecule has 72 valence electrons. The predicted octanol–water partition coefficient (Wildman–Crippen LogP) is 2.29. The number of hydrogen-bond donors (Lipinski definition) is 3. The molecule has 0 aliphatic carbocycles. The molecule has 0 spiro atoms. The van der Waals surface area contributed by atoms with Crippen molar-refractivity contribution in [2.75, 3.05) is 11.5 Å². The Morgan fingerprint density at radius 1 is 1.07 bits per heavy atom. The van der Waals surface area contributed by atoms with Gasteiger partial charge in [0, 0.05) is 10.6 Å². The van der Waals surface area contributed by atoms with Crippen LogP contribution in [0.4, 0.5) is 10.7 Å². The summed E-state index contributed by atoms with van der Waals surface area (Å²) in [6, 6.07) is 8.73. The molecule has 1 aromatic carbocycles. The average molecular weight is 206 g/mol. The van der Waals surface area contributed by atoms with Gasteiger partial charge in [-0.3, -0.25) is 0 Å². The molecule has 0 fully saturated rings. The number of anilines is 2. The second kappa shape index (κ2) is 3.23. The molecule has 2 aromatic rings. The lowest BCUT2D eigenvalue weighted by molar-refractivity contribution is 0.478. The van der Waals surface area contributed by atoms with Crippen LogP contribution >= 0.6 is 11.3 Å². The summed E-state index contributed by atoms with van der Waals surface area (Å²) in [6.07, 6.45) is 0. The largest absolute Gasteiger partial charge is 0.507 e. The summed E-state index contributed by atoms with van der Waals surface area (Å²) in [6.45, 7) is 0. The maximum Gasteiger partial charge on any atom is 0.126 e. The summed E-state index contributed by atoms with van der Waals surface area (Å²) in [5, 5.41) is 10.4. The molecule has 0 aliphatic rings. The molecule has 0 saturated carbocycles. The van der Waals surface area contributed by atoms with Crippen LogP contribution in [0.1, 0.15) is 0 Å². The first-order valence-electron chi connectivity index (χ1n) is 4.11. The third-order valence-corrected chi connectivity index (χ3v) is 2.88. The van der Waals surface area contributed by atoms with E-state index in [1.54, 1.807) is 24.3 Å². The molecule has 5 N–H and O–H groups in total. The van der Waals surface area contributed by atoms with Crippen LogP contribution in [0.5, 0.6) is 5.75 Å². The molecule has 0 amide bonds. The van der Waals surface area contributed by atoms with Crippen LogP contribution in [0.15, 0.2) is 30.3 Å². The van der Waals surface area contributed by atoms with Crippen molar-refractivity contribution in [3.63, 3.8) is 0 Å². The summed E-state index contributed by atoms with van der Waals surface area (Å²) in [5.41, 5.74) is 12.6. The van der Waals surface area contributed by atoms with Gasteiger partial charge in [-0.2, -0.15) is 0 Å². The standard InChI is InChI=1S/C10H10N2OS/c11-6-2-1-3-7(13)10(6)8-4-5-9(12)14-8/h1-5,13H,11-12H2. The molecule has 3 nitrogen and oxygen atoms in total. The van der Waals surface area contributed by atoms with Crippen LogP contribution in [0, 0.1) is 0 Å². The first kappa shape index (κ1) is 8.90. The van der Waals surface area contributed by atoms with Crippen LogP contribution in [0.3, 0.4) is 0 Å². The Bertz CT molecular complexity index is 445. The number of aromatic hydroxyl groups is 1. The monoisotopic (exact) mass is 206 g/mol. The second-order valence-electron chi connectivity index (χ2n) is 2.94. The molecule has 0 atom stereocenters. The fraction of sp³-hybridized carbons (Fsp3) is 0. The Hall–Kier alpha value is -1.68. The predicted molar refractivity (Wildman–Crippen MR) is 60.2 cm³/mol. The minimum absolute atomic E-state index is 0.187. The fourth-order valence-electron chi connectivity index (χ4n) is 1.31. The van der Waals surface area contributed by atoms with Gasteiger partial charge in [0.05, 0.1) is 10.6 Å². The number of hydrogen-bond acceptors (Lipinski definition) is 4. The molecule has 2 rings (SSSR count). The van der Waals surface area contributed by atoms with Crippen molar-refractivity contribution in [1.29, 1.82) is 0 Å². The number of nitrogens with two attached hydrogens (primary N) is 2. The maximum absolute atomic E-state index is 9.64. The molecule has 14 heavy (non-hydrogen) atoms. The van der Waals surface area contributed by atoms with E-state index >= 15 is 0 Å². The number of benzene rings is 1. The zero-order valence-electron chi connectivity index (χ0n) is 7.40. The number of phenolic OH excluding ortho intramolecular Hbond substituents is 1. The highest BCUT2D eigenvalue weighted by Crippen LogP contribution is 2.38. The van der Waals surface area contributed by atoms with Gasteiger partial charge in [0.2, 0.25) is 0 Å². The Kier molecular flexibility index (Phi) is 2.05. The summed E-state index contributed by atoms with van der Waals surface area (Å²) in [4.78, 5) is 0.887. The summed E-state index contributed by atoms with van der Waals surface area (Å²) >= 11 is 1.41. The van der Waals surface area contributed by atoms with Gasteiger partial charge in [-0.1, -0.05) is 6.07 Å². The van der Waals surface area contributed by atoms with Crippen LogP contribution < -0.4 is 11.5 Å². The van der Waals surface area contributed by atoms with E-state index in [1.807, 2.05) is 6.07 Å². The van der Waals surface area contributed by atoms with Gasteiger partial charge >= 0.3 is 0 Å². The molecule has 0 bridgehead atoms. The fourth-order valence-corrected chi connectivity index (χ4v) is 2.16. The number of thiophene rings is 1. The van der Waals surface area contributed by atoms with Gasteiger partial charge in [-0.25, -0.2) is 0 Å². The molecule has 0 unspecified atom stereocenters. The quantitative estimate of drug-likeness (QED) is 0.627. The van der Waals surface area contributed by atoms with Crippen LogP contribution in [-0.4, -0.2) is 5.11 Å². The normalized spacial score (nSPS) is 10.3. The minimum Gasteiger partial charge on any atom is -0.507 e. The van der Waals surface area contributed by atoms with Crippen LogP contribution in [0.2, 0.25) is 0 Å².